The molecule has 3 aliphatic heterocycles. The van der Waals surface area contributed by atoms with Gasteiger partial charge in [-0.15, -0.1) is 0 Å². The van der Waals surface area contributed by atoms with Gasteiger partial charge in [0.15, 0.2) is 0 Å². The minimum absolute atomic E-state index is 0.121. The van der Waals surface area contributed by atoms with Crippen LogP contribution in [0.3, 0.4) is 0 Å². The third kappa shape index (κ3) is 3.89. The van der Waals surface area contributed by atoms with Crippen LogP contribution in [-0.4, -0.2) is 6.04 Å². The van der Waals surface area contributed by atoms with E-state index in [1.54, 1.807) is 0 Å². The molecule has 0 saturated heterocycles. The Labute approximate surface area is 250 Å². The van der Waals surface area contributed by atoms with Crippen LogP contribution in [0.5, 0.6) is 11.5 Å². The standard InChI is InChI=1S/C40H28N2O/c1-2-6-25(7-3-1)30-17-19-32-34-10-4-9-33-31(20-22-36(38(33)34)43-37(32)24-30)26-11-13-27(14-12-26)35-21-18-29-16-15-28-8-5-23-41-39(28)40(29)42-35/h1-24,35,39,41-42H. The Kier molecular flexibility index (Phi) is 5.32. The summed E-state index contributed by atoms with van der Waals surface area (Å²) in [6.45, 7) is 0. The van der Waals surface area contributed by atoms with Crippen LogP contribution in [-0.2, 0) is 0 Å². The van der Waals surface area contributed by atoms with Crippen molar-refractivity contribution in [3.63, 3.8) is 0 Å². The fourth-order valence-electron chi connectivity index (χ4n) is 6.83. The van der Waals surface area contributed by atoms with Crippen LogP contribution < -0.4 is 15.4 Å². The molecule has 2 atom stereocenters. The summed E-state index contributed by atoms with van der Waals surface area (Å²) in [5, 5.41) is 9.69. The van der Waals surface area contributed by atoms with Crippen LogP contribution in [0, 0.1) is 0 Å². The van der Waals surface area contributed by atoms with Gasteiger partial charge in [-0.2, -0.15) is 0 Å². The van der Waals surface area contributed by atoms with Crippen LogP contribution in [0.25, 0.3) is 44.2 Å². The number of hydrogen-bond donors (Lipinski definition) is 2. The molecule has 2 unspecified atom stereocenters. The third-order valence-electron chi connectivity index (χ3n) is 9.00. The summed E-state index contributed by atoms with van der Waals surface area (Å²) >= 11 is 0. The highest BCUT2D eigenvalue weighted by molar-refractivity contribution is 6.10. The van der Waals surface area contributed by atoms with Crippen molar-refractivity contribution >= 4 is 10.8 Å². The summed E-state index contributed by atoms with van der Waals surface area (Å²) in [5.74, 6) is 1.81. The number of fused-ring (bicyclic) bond motifs is 4. The van der Waals surface area contributed by atoms with Crippen molar-refractivity contribution in [2.75, 3.05) is 0 Å². The molecule has 0 fully saturated rings. The molecule has 3 nitrogen and oxygen atoms in total. The van der Waals surface area contributed by atoms with Crippen LogP contribution in [0.2, 0.25) is 0 Å². The lowest BCUT2D eigenvalue weighted by Gasteiger charge is -2.34. The van der Waals surface area contributed by atoms with Crippen molar-refractivity contribution < 1.29 is 4.74 Å². The topological polar surface area (TPSA) is 33.3 Å². The minimum atomic E-state index is 0.121. The predicted octanol–water partition coefficient (Wildman–Crippen LogP) is 9.38. The predicted molar refractivity (Wildman–Crippen MR) is 176 cm³/mol. The molecular formula is C40H28N2O. The molecule has 204 valence electrons. The first-order valence-corrected chi connectivity index (χ1v) is 14.8. The maximum atomic E-state index is 6.54. The van der Waals surface area contributed by atoms with E-state index in [1.807, 2.05) is 12.3 Å². The molecule has 9 rings (SSSR count). The van der Waals surface area contributed by atoms with Gasteiger partial charge < -0.3 is 15.4 Å². The van der Waals surface area contributed by atoms with Crippen molar-refractivity contribution in [3.8, 4) is 44.9 Å². The van der Waals surface area contributed by atoms with E-state index in [0.29, 0.717) is 0 Å². The molecule has 5 aromatic carbocycles. The second-order valence-electron chi connectivity index (χ2n) is 11.4. The first kappa shape index (κ1) is 24.1. The Morgan fingerprint density at radius 2 is 1.49 bits per heavy atom. The number of benzene rings is 5. The van der Waals surface area contributed by atoms with Gasteiger partial charge in [0, 0.05) is 16.6 Å². The second kappa shape index (κ2) is 9.50. The van der Waals surface area contributed by atoms with Gasteiger partial charge in [0.05, 0.1) is 12.1 Å². The van der Waals surface area contributed by atoms with Crippen molar-refractivity contribution in [3.05, 3.63) is 168 Å². The summed E-state index contributed by atoms with van der Waals surface area (Å²) < 4.78 is 6.54. The smallest absolute Gasteiger partial charge is 0.135 e. The molecule has 0 amide bonds. The summed E-state index contributed by atoms with van der Waals surface area (Å²) in [7, 11) is 0. The molecule has 0 saturated carbocycles. The van der Waals surface area contributed by atoms with Crippen molar-refractivity contribution in [2.24, 2.45) is 0 Å². The molecule has 0 radical (unpaired) electrons. The Balaban J connectivity index is 1.04. The molecule has 1 aliphatic carbocycles. The quantitative estimate of drug-likeness (QED) is 0.229. The van der Waals surface area contributed by atoms with E-state index in [2.05, 4.69) is 144 Å². The highest BCUT2D eigenvalue weighted by Gasteiger charge is 2.28. The number of allylic oxidation sites excluding steroid dienone is 5. The largest absolute Gasteiger partial charge is 0.456 e. The number of hydrogen-bond acceptors (Lipinski definition) is 3. The maximum absolute atomic E-state index is 6.54. The Morgan fingerprint density at radius 3 is 2.40 bits per heavy atom. The molecule has 3 heteroatoms. The Morgan fingerprint density at radius 1 is 0.628 bits per heavy atom. The van der Waals surface area contributed by atoms with E-state index in [4.69, 9.17) is 4.74 Å². The highest BCUT2D eigenvalue weighted by atomic mass is 16.5. The molecule has 4 aliphatic rings. The van der Waals surface area contributed by atoms with Crippen molar-refractivity contribution in [2.45, 2.75) is 12.1 Å². The van der Waals surface area contributed by atoms with Gasteiger partial charge in [-0.1, -0.05) is 115 Å². The van der Waals surface area contributed by atoms with Gasteiger partial charge in [-0.25, -0.2) is 0 Å². The van der Waals surface area contributed by atoms with E-state index in [9.17, 15) is 0 Å². The van der Waals surface area contributed by atoms with Gasteiger partial charge in [-0.05, 0) is 80.4 Å². The van der Waals surface area contributed by atoms with E-state index < -0.39 is 0 Å². The zero-order valence-electron chi connectivity index (χ0n) is 23.4. The number of ether oxygens (including phenoxy) is 1. The van der Waals surface area contributed by atoms with Gasteiger partial charge in [0.1, 0.15) is 11.5 Å². The molecule has 2 N–H and O–H groups in total. The fourth-order valence-corrected chi connectivity index (χ4v) is 6.83. The van der Waals surface area contributed by atoms with Crippen LogP contribution in [0.15, 0.2) is 163 Å². The van der Waals surface area contributed by atoms with Gasteiger partial charge in [0.25, 0.3) is 0 Å². The first-order chi connectivity index (χ1) is 21.3. The lowest BCUT2D eigenvalue weighted by molar-refractivity contribution is 0.487. The average molecular weight is 553 g/mol. The lowest BCUT2D eigenvalue weighted by Crippen LogP contribution is -2.40. The second-order valence-corrected chi connectivity index (χ2v) is 11.4. The van der Waals surface area contributed by atoms with Gasteiger partial charge in [0.2, 0.25) is 0 Å². The summed E-state index contributed by atoms with van der Waals surface area (Å²) in [4.78, 5) is 0. The first-order valence-electron chi connectivity index (χ1n) is 14.8. The molecule has 43 heavy (non-hydrogen) atoms. The number of rotatable bonds is 3. The zero-order chi connectivity index (χ0) is 28.3. The van der Waals surface area contributed by atoms with Crippen molar-refractivity contribution in [1.29, 1.82) is 0 Å². The van der Waals surface area contributed by atoms with Crippen LogP contribution >= 0.6 is 0 Å². The summed E-state index contributed by atoms with van der Waals surface area (Å²) in [5.41, 5.74) is 12.1. The minimum Gasteiger partial charge on any atom is -0.456 e. The SMILES string of the molecule is C1=CNC2C(=C1)C=CC1=C2NC(c2ccc(-c3ccc4c5c(cccc35)-c3ccc(-c5ccccc5)cc3O4)cc2)C=C1. The van der Waals surface area contributed by atoms with Gasteiger partial charge >= 0.3 is 0 Å². The van der Waals surface area contributed by atoms with Crippen LogP contribution in [0.1, 0.15) is 11.6 Å². The Bertz CT molecular complexity index is 2090. The van der Waals surface area contributed by atoms with E-state index >= 15 is 0 Å². The summed E-state index contributed by atoms with van der Waals surface area (Å²) in [6, 6.07) is 37.2. The molecule has 0 spiro atoms. The van der Waals surface area contributed by atoms with Crippen molar-refractivity contribution in [1.82, 2.24) is 10.6 Å². The lowest BCUT2D eigenvalue weighted by atomic mass is 9.87. The molecule has 5 aromatic rings. The third-order valence-corrected chi connectivity index (χ3v) is 9.00. The zero-order valence-corrected chi connectivity index (χ0v) is 23.4. The molecule has 3 heterocycles. The van der Waals surface area contributed by atoms with Gasteiger partial charge in [-0.3, -0.25) is 0 Å². The normalized spacial score (nSPS) is 19.0. The monoisotopic (exact) mass is 552 g/mol. The summed E-state index contributed by atoms with van der Waals surface area (Å²) in [6.07, 6.45) is 15.2. The Hall–Kier alpha value is -5.54. The maximum Gasteiger partial charge on any atom is 0.135 e. The molecule has 0 bridgehead atoms. The fraction of sp³-hybridized carbons (Fsp3) is 0.0500. The number of dihydropyridines is 2. The highest BCUT2D eigenvalue weighted by Crippen LogP contribution is 2.49. The number of nitrogens with one attached hydrogen (secondary N) is 2. The van der Waals surface area contributed by atoms with E-state index in [-0.39, 0.29) is 12.1 Å². The van der Waals surface area contributed by atoms with Crippen LogP contribution in [0.4, 0.5) is 0 Å². The van der Waals surface area contributed by atoms with E-state index in [0.717, 1.165) is 22.6 Å². The van der Waals surface area contributed by atoms with E-state index in [1.165, 1.54) is 55.4 Å². The average Bonchev–Trinajstić information content (AvgIpc) is 3.08. The molecular weight excluding hydrogens is 524 g/mol. The molecule has 0 aromatic heterocycles.